The molecule has 0 unspecified atom stereocenters. The van der Waals surface area contributed by atoms with Gasteiger partial charge in [-0.15, -0.1) is 11.3 Å². The molecule has 0 atom stereocenters. The number of aromatic amines is 1. The molecule has 20 heavy (non-hydrogen) atoms. The molecule has 2 aliphatic rings. The standard InChI is InChI=1S/C15H18N2OS2/c1-7-8(2)20-13-11(7)14(18)17(15(19)16-13)12(9-3-4-9)10-5-6-10/h9-10,12H,3-6H2,1-2H3,(H,16,19). The van der Waals surface area contributed by atoms with Crippen LogP contribution in [0.4, 0.5) is 0 Å². The minimum absolute atomic E-state index is 0.134. The third-order valence-electron chi connectivity index (χ3n) is 4.77. The predicted molar refractivity (Wildman–Crippen MR) is 85.2 cm³/mol. The Morgan fingerprint density at radius 3 is 2.40 bits per heavy atom. The second-order valence-corrected chi connectivity index (χ2v) is 7.87. The summed E-state index contributed by atoms with van der Waals surface area (Å²) in [5.74, 6) is 1.35. The zero-order valence-corrected chi connectivity index (χ0v) is 13.4. The van der Waals surface area contributed by atoms with Crippen LogP contribution in [0.1, 0.15) is 42.2 Å². The maximum absolute atomic E-state index is 13.0. The highest BCUT2D eigenvalue weighted by Gasteiger charge is 2.43. The van der Waals surface area contributed by atoms with Crippen molar-refractivity contribution in [2.45, 2.75) is 45.6 Å². The average Bonchev–Trinajstić information content (AvgIpc) is 3.27. The number of rotatable bonds is 3. The third-order valence-corrected chi connectivity index (χ3v) is 6.19. The van der Waals surface area contributed by atoms with E-state index in [4.69, 9.17) is 12.2 Å². The molecule has 0 aliphatic heterocycles. The van der Waals surface area contributed by atoms with Gasteiger partial charge in [0.2, 0.25) is 0 Å². The van der Waals surface area contributed by atoms with Crippen molar-refractivity contribution in [1.29, 1.82) is 0 Å². The molecule has 2 fully saturated rings. The highest BCUT2D eigenvalue weighted by Crippen LogP contribution is 2.51. The van der Waals surface area contributed by atoms with Crippen LogP contribution in [0.3, 0.4) is 0 Å². The van der Waals surface area contributed by atoms with Gasteiger partial charge >= 0.3 is 0 Å². The van der Waals surface area contributed by atoms with Crippen molar-refractivity contribution in [1.82, 2.24) is 9.55 Å². The largest absolute Gasteiger partial charge is 0.323 e. The van der Waals surface area contributed by atoms with Gasteiger partial charge in [0.15, 0.2) is 4.77 Å². The molecule has 2 aliphatic carbocycles. The van der Waals surface area contributed by atoms with E-state index < -0.39 is 0 Å². The van der Waals surface area contributed by atoms with E-state index in [2.05, 4.69) is 11.9 Å². The van der Waals surface area contributed by atoms with Gasteiger partial charge in [0.25, 0.3) is 5.56 Å². The molecule has 4 rings (SSSR count). The van der Waals surface area contributed by atoms with Gasteiger partial charge in [-0.3, -0.25) is 9.36 Å². The van der Waals surface area contributed by atoms with Gasteiger partial charge in [0.1, 0.15) is 4.83 Å². The second kappa shape index (κ2) is 4.28. The average molecular weight is 306 g/mol. The summed E-state index contributed by atoms with van der Waals surface area (Å²) in [5, 5.41) is 0.854. The van der Waals surface area contributed by atoms with Crippen molar-refractivity contribution >= 4 is 33.8 Å². The topological polar surface area (TPSA) is 37.8 Å². The lowest BCUT2D eigenvalue weighted by atomic mass is 10.1. The van der Waals surface area contributed by atoms with Gasteiger partial charge in [-0.05, 0) is 69.1 Å². The molecule has 2 aromatic rings. The number of hydrogen-bond donors (Lipinski definition) is 1. The Morgan fingerprint density at radius 2 is 1.85 bits per heavy atom. The van der Waals surface area contributed by atoms with E-state index in [0.29, 0.717) is 22.6 Å². The monoisotopic (exact) mass is 306 g/mol. The van der Waals surface area contributed by atoms with Crippen LogP contribution in [0.5, 0.6) is 0 Å². The Balaban J connectivity index is 2.01. The quantitative estimate of drug-likeness (QED) is 0.867. The smallest absolute Gasteiger partial charge is 0.263 e. The molecule has 0 spiro atoms. The van der Waals surface area contributed by atoms with Gasteiger partial charge in [-0.2, -0.15) is 0 Å². The normalized spacial score (nSPS) is 19.1. The van der Waals surface area contributed by atoms with E-state index in [9.17, 15) is 4.79 Å². The van der Waals surface area contributed by atoms with Crippen molar-refractivity contribution in [2.24, 2.45) is 11.8 Å². The maximum atomic E-state index is 13.0. The number of fused-ring (bicyclic) bond motifs is 1. The first-order chi connectivity index (χ1) is 9.58. The highest BCUT2D eigenvalue weighted by atomic mass is 32.1. The molecule has 0 bridgehead atoms. The molecule has 5 heteroatoms. The minimum Gasteiger partial charge on any atom is -0.323 e. The number of nitrogens with zero attached hydrogens (tertiary/aromatic N) is 1. The number of hydrogen-bond acceptors (Lipinski definition) is 3. The van der Waals surface area contributed by atoms with Crippen molar-refractivity contribution < 1.29 is 0 Å². The van der Waals surface area contributed by atoms with Gasteiger partial charge < -0.3 is 4.98 Å². The van der Waals surface area contributed by atoms with Crippen LogP contribution in [0, 0.1) is 30.5 Å². The Labute approximate surface area is 126 Å². The van der Waals surface area contributed by atoms with Crippen LogP contribution in [0.25, 0.3) is 10.2 Å². The summed E-state index contributed by atoms with van der Waals surface area (Å²) >= 11 is 7.14. The maximum Gasteiger partial charge on any atom is 0.263 e. The molecule has 0 radical (unpaired) electrons. The molecule has 2 saturated carbocycles. The van der Waals surface area contributed by atoms with Gasteiger partial charge in [0, 0.05) is 10.9 Å². The molecule has 1 N–H and O–H groups in total. The molecule has 2 heterocycles. The lowest BCUT2D eigenvalue weighted by Gasteiger charge is -2.19. The van der Waals surface area contributed by atoms with E-state index in [0.717, 1.165) is 15.8 Å². The van der Waals surface area contributed by atoms with Crippen LogP contribution < -0.4 is 5.56 Å². The Bertz CT molecular complexity index is 794. The molecule has 0 aromatic carbocycles. The van der Waals surface area contributed by atoms with Crippen LogP contribution >= 0.6 is 23.6 Å². The Morgan fingerprint density at radius 1 is 1.25 bits per heavy atom. The van der Waals surface area contributed by atoms with Crippen molar-refractivity contribution in [3.63, 3.8) is 0 Å². The zero-order chi connectivity index (χ0) is 14.0. The van der Waals surface area contributed by atoms with Crippen molar-refractivity contribution in [3.05, 3.63) is 25.6 Å². The van der Waals surface area contributed by atoms with Crippen LogP contribution in [-0.4, -0.2) is 9.55 Å². The number of nitrogens with one attached hydrogen (secondary N) is 1. The summed E-state index contributed by atoms with van der Waals surface area (Å²) in [6.45, 7) is 4.11. The lowest BCUT2D eigenvalue weighted by Crippen LogP contribution is -2.29. The first-order valence-electron chi connectivity index (χ1n) is 7.32. The predicted octanol–water partition coefficient (Wildman–Crippen LogP) is 4.10. The number of H-pyrrole nitrogens is 1. The number of aromatic nitrogens is 2. The summed E-state index contributed by atoms with van der Waals surface area (Å²) in [5.41, 5.74) is 1.25. The first-order valence-corrected chi connectivity index (χ1v) is 8.55. The van der Waals surface area contributed by atoms with E-state index in [1.165, 1.54) is 30.6 Å². The molecule has 3 nitrogen and oxygen atoms in total. The summed E-state index contributed by atoms with van der Waals surface area (Å²) < 4.78 is 2.53. The molecule has 0 amide bonds. The summed E-state index contributed by atoms with van der Waals surface area (Å²) in [6.07, 6.45) is 5.01. The first kappa shape index (κ1) is 12.8. The molecular weight excluding hydrogens is 288 g/mol. The fraction of sp³-hybridized carbons (Fsp3) is 0.600. The summed E-state index contributed by atoms with van der Waals surface area (Å²) in [4.78, 5) is 18.4. The fourth-order valence-electron chi connectivity index (χ4n) is 3.30. The van der Waals surface area contributed by atoms with Crippen LogP contribution in [0.15, 0.2) is 4.79 Å². The van der Waals surface area contributed by atoms with Gasteiger partial charge in [-0.1, -0.05) is 0 Å². The highest BCUT2D eigenvalue weighted by molar-refractivity contribution is 7.71. The third kappa shape index (κ3) is 1.83. The van der Waals surface area contributed by atoms with Gasteiger partial charge in [-0.25, -0.2) is 0 Å². The molecule has 2 aromatic heterocycles. The van der Waals surface area contributed by atoms with E-state index in [-0.39, 0.29) is 5.56 Å². The number of thiophene rings is 1. The Kier molecular flexibility index (Phi) is 2.73. The summed E-state index contributed by atoms with van der Waals surface area (Å²) in [6, 6.07) is 0.343. The summed E-state index contributed by atoms with van der Waals surface area (Å²) in [7, 11) is 0. The fourth-order valence-corrected chi connectivity index (χ4v) is 4.72. The molecule has 0 saturated heterocycles. The SMILES string of the molecule is Cc1sc2[nH]c(=S)n(C(C3CC3)C3CC3)c(=O)c2c1C. The molecule has 106 valence electrons. The van der Waals surface area contributed by atoms with E-state index >= 15 is 0 Å². The Hall–Kier alpha value is -0.940. The second-order valence-electron chi connectivity index (χ2n) is 6.26. The zero-order valence-electron chi connectivity index (χ0n) is 11.7. The number of aryl methyl sites for hydroxylation is 2. The van der Waals surface area contributed by atoms with Crippen molar-refractivity contribution in [3.8, 4) is 0 Å². The van der Waals surface area contributed by atoms with Crippen molar-refractivity contribution in [2.75, 3.05) is 0 Å². The minimum atomic E-state index is 0.134. The lowest BCUT2D eigenvalue weighted by molar-refractivity contribution is 0.378. The van der Waals surface area contributed by atoms with Gasteiger partial charge in [0.05, 0.1) is 5.39 Å². The van der Waals surface area contributed by atoms with E-state index in [1.54, 1.807) is 11.3 Å². The van der Waals surface area contributed by atoms with Crippen LogP contribution in [-0.2, 0) is 0 Å². The van der Waals surface area contributed by atoms with Crippen LogP contribution in [0.2, 0.25) is 0 Å². The van der Waals surface area contributed by atoms with E-state index in [1.807, 2.05) is 11.5 Å². The molecular formula is C15H18N2OS2.